The number of nitrogens with one attached hydrogen (secondary N) is 1. The van der Waals surface area contributed by atoms with Crippen molar-refractivity contribution in [2.75, 3.05) is 6.61 Å². The van der Waals surface area contributed by atoms with Crippen LogP contribution in [0, 0.1) is 0 Å². The van der Waals surface area contributed by atoms with Crippen molar-refractivity contribution in [2.24, 2.45) is 0 Å². The Morgan fingerprint density at radius 1 is 1.32 bits per heavy atom. The number of ether oxygens (including phenoxy) is 1. The van der Waals surface area contributed by atoms with Gasteiger partial charge in [-0.1, -0.05) is 35.3 Å². The summed E-state index contributed by atoms with van der Waals surface area (Å²) in [4.78, 5) is 23.8. The van der Waals surface area contributed by atoms with Gasteiger partial charge in [0, 0.05) is 22.2 Å². The van der Waals surface area contributed by atoms with Crippen LogP contribution in [0.2, 0.25) is 5.02 Å². The van der Waals surface area contributed by atoms with E-state index in [1.54, 1.807) is 38.1 Å². The Labute approximate surface area is 138 Å². The SMILES string of the molecule is CCOC(=O)C1=C(C)NC(Cl)=C(C=O)[C@@H]1c1ccc(Cl)cc1. The molecule has 0 aliphatic carbocycles. The Balaban J connectivity index is 2.58. The average molecular weight is 340 g/mol. The van der Waals surface area contributed by atoms with Crippen LogP contribution in [0.3, 0.4) is 0 Å². The van der Waals surface area contributed by atoms with Crippen molar-refractivity contribution in [1.82, 2.24) is 5.32 Å². The first-order chi connectivity index (χ1) is 10.5. The van der Waals surface area contributed by atoms with Crippen LogP contribution in [0.4, 0.5) is 0 Å². The first kappa shape index (κ1) is 16.6. The van der Waals surface area contributed by atoms with Crippen molar-refractivity contribution in [3.8, 4) is 0 Å². The molecule has 1 N–H and O–H groups in total. The Bertz CT molecular complexity index is 662. The van der Waals surface area contributed by atoms with E-state index in [0.717, 1.165) is 5.56 Å². The largest absolute Gasteiger partial charge is 0.463 e. The van der Waals surface area contributed by atoms with E-state index >= 15 is 0 Å². The molecule has 1 aliphatic heterocycles. The maximum atomic E-state index is 12.3. The third-order valence-electron chi connectivity index (χ3n) is 3.38. The van der Waals surface area contributed by atoms with Crippen molar-refractivity contribution in [3.63, 3.8) is 0 Å². The number of carbonyl (C=O) groups excluding carboxylic acids is 2. The monoisotopic (exact) mass is 339 g/mol. The number of hydrogen-bond acceptors (Lipinski definition) is 4. The highest BCUT2D eigenvalue weighted by Crippen LogP contribution is 2.38. The first-order valence-corrected chi connectivity index (χ1v) is 7.50. The minimum absolute atomic E-state index is 0.209. The van der Waals surface area contributed by atoms with Crippen molar-refractivity contribution >= 4 is 35.5 Å². The number of esters is 1. The Kier molecular flexibility index (Phi) is 5.27. The summed E-state index contributed by atoms with van der Waals surface area (Å²) in [5.41, 5.74) is 1.97. The molecule has 22 heavy (non-hydrogen) atoms. The summed E-state index contributed by atoms with van der Waals surface area (Å²) in [6, 6.07) is 6.93. The number of halogens is 2. The Hall–Kier alpha value is -1.78. The van der Waals surface area contributed by atoms with Crippen LogP contribution in [-0.2, 0) is 14.3 Å². The minimum Gasteiger partial charge on any atom is -0.463 e. The lowest BCUT2D eigenvalue weighted by Gasteiger charge is -2.28. The molecule has 0 bridgehead atoms. The maximum Gasteiger partial charge on any atom is 0.336 e. The van der Waals surface area contributed by atoms with Gasteiger partial charge in [0.25, 0.3) is 0 Å². The summed E-state index contributed by atoms with van der Waals surface area (Å²) in [6.07, 6.45) is 0.653. The molecule has 1 aromatic carbocycles. The molecule has 0 saturated heterocycles. The molecule has 0 radical (unpaired) electrons. The fourth-order valence-electron chi connectivity index (χ4n) is 2.40. The molecule has 1 aliphatic rings. The average Bonchev–Trinajstić information content (AvgIpc) is 2.47. The van der Waals surface area contributed by atoms with Crippen LogP contribution in [0.5, 0.6) is 0 Å². The molecule has 0 spiro atoms. The molecule has 4 nitrogen and oxygen atoms in total. The summed E-state index contributed by atoms with van der Waals surface area (Å²) < 4.78 is 5.11. The van der Waals surface area contributed by atoms with Crippen LogP contribution in [0.1, 0.15) is 25.3 Å². The highest BCUT2D eigenvalue weighted by Gasteiger charge is 2.34. The van der Waals surface area contributed by atoms with Gasteiger partial charge in [0.1, 0.15) is 11.4 Å². The zero-order chi connectivity index (χ0) is 16.3. The predicted molar refractivity (Wildman–Crippen MR) is 85.6 cm³/mol. The molecule has 2 rings (SSSR count). The van der Waals surface area contributed by atoms with E-state index in [1.807, 2.05) is 0 Å². The van der Waals surface area contributed by atoms with Crippen molar-refractivity contribution in [2.45, 2.75) is 19.8 Å². The highest BCUT2D eigenvalue weighted by atomic mass is 35.5. The van der Waals surface area contributed by atoms with Gasteiger partial charge in [0.05, 0.1) is 12.2 Å². The van der Waals surface area contributed by atoms with Crippen LogP contribution >= 0.6 is 23.2 Å². The second kappa shape index (κ2) is 6.99. The van der Waals surface area contributed by atoms with Gasteiger partial charge in [-0.3, -0.25) is 4.79 Å². The van der Waals surface area contributed by atoms with Crippen LogP contribution in [0.15, 0.2) is 46.3 Å². The number of allylic oxidation sites excluding steroid dienone is 2. The van der Waals surface area contributed by atoms with Gasteiger partial charge in [-0.05, 0) is 31.5 Å². The Morgan fingerprint density at radius 2 is 1.95 bits per heavy atom. The third kappa shape index (κ3) is 3.18. The van der Waals surface area contributed by atoms with E-state index in [9.17, 15) is 9.59 Å². The number of dihydropyridines is 1. The van der Waals surface area contributed by atoms with Gasteiger partial charge in [-0.2, -0.15) is 0 Å². The van der Waals surface area contributed by atoms with Gasteiger partial charge >= 0.3 is 5.97 Å². The topological polar surface area (TPSA) is 55.4 Å². The summed E-state index contributed by atoms with van der Waals surface area (Å²) >= 11 is 12.0. The lowest BCUT2D eigenvalue weighted by atomic mass is 9.82. The lowest BCUT2D eigenvalue weighted by Crippen LogP contribution is -2.29. The van der Waals surface area contributed by atoms with Gasteiger partial charge in [-0.15, -0.1) is 0 Å². The van der Waals surface area contributed by atoms with Gasteiger partial charge < -0.3 is 10.1 Å². The molecule has 0 unspecified atom stereocenters. The fraction of sp³-hybridized carbons (Fsp3) is 0.250. The predicted octanol–water partition coefficient (Wildman–Crippen LogP) is 3.51. The lowest BCUT2D eigenvalue weighted by molar-refractivity contribution is -0.138. The molecular weight excluding hydrogens is 325 g/mol. The number of aldehydes is 1. The molecule has 116 valence electrons. The summed E-state index contributed by atoms with van der Waals surface area (Å²) in [6.45, 7) is 3.70. The van der Waals surface area contributed by atoms with Gasteiger partial charge in [0.15, 0.2) is 0 Å². The van der Waals surface area contributed by atoms with E-state index in [2.05, 4.69) is 5.32 Å². The summed E-state index contributed by atoms with van der Waals surface area (Å²) in [7, 11) is 0. The van der Waals surface area contributed by atoms with Crippen LogP contribution in [0.25, 0.3) is 0 Å². The fourth-order valence-corrected chi connectivity index (χ4v) is 2.83. The summed E-state index contributed by atoms with van der Waals surface area (Å²) in [5, 5.41) is 3.62. The van der Waals surface area contributed by atoms with E-state index in [0.29, 0.717) is 22.6 Å². The van der Waals surface area contributed by atoms with Gasteiger partial charge in [0.2, 0.25) is 0 Å². The second-order valence-corrected chi connectivity index (χ2v) is 5.57. The maximum absolute atomic E-state index is 12.3. The second-order valence-electron chi connectivity index (χ2n) is 4.76. The molecule has 6 heteroatoms. The van der Waals surface area contributed by atoms with Crippen LogP contribution < -0.4 is 5.32 Å². The van der Waals surface area contributed by atoms with Crippen molar-refractivity contribution in [1.29, 1.82) is 0 Å². The molecule has 1 heterocycles. The highest BCUT2D eigenvalue weighted by molar-refractivity contribution is 6.31. The van der Waals surface area contributed by atoms with Crippen LogP contribution in [-0.4, -0.2) is 18.9 Å². The standard InChI is InChI=1S/C16H15Cl2NO3/c1-3-22-16(21)13-9(2)19-15(18)12(8-20)14(13)10-4-6-11(17)7-5-10/h4-8,14,19H,3H2,1-2H3/t14-/m0/s1. The zero-order valence-electron chi connectivity index (χ0n) is 12.2. The van der Waals surface area contributed by atoms with Crippen molar-refractivity contribution < 1.29 is 14.3 Å². The molecule has 0 fully saturated rings. The molecule has 0 aromatic heterocycles. The zero-order valence-corrected chi connectivity index (χ0v) is 13.7. The third-order valence-corrected chi connectivity index (χ3v) is 3.94. The number of benzene rings is 1. The van der Waals surface area contributed by atoms with Crippen molar-refractivity contribution in [3.05, 3.63) is 56.9 Å². The van der Waals surface area contributed by atoms with E-state index in [4.69, 9.17) is 27.9 Å². The molecule has 1 atom stereocenters. The quantitative estimate of drug-likeness (QED) is 0.518. The van der Waals surface area contributed by atoms with E-state index in [-0.39, 0.29) is 17.3 Å². The molecular formula is C16H15Cl2NO3. The Morgan fingerprint density at radius 3 is 2.50 bits per heavy atom. The van der Waals surface area contributed by atoms with Gasteiger partial charge in [-0.25, -0.2) is 4.79 Å². The number of hydrogen-bond donors (Lipinski definition) is 1. The normalized spacial score (nSPS) is 18.1. The number of rotatable bonds is 4. The molecule has 0 amide bonds. The minimum atomic E-state index is -0.581. The molecule has 0 saturated carbocycles. The summed E-state index contributed by atoms with van der Waals surface area (Å²) in [5.74, 6) is -1.06. The molecule has 1 aromatic rings. The smallest absolute Gasteiger partial charge is 0.336 e. The number of carbonyl (C=O) groups is 2. The van der Waals surface area contributed by atoms with E-state index < -0.39 is 11.9 Å². The van der Waals surface area contributed by atoms with E-state index in [1.165, 1.54) is 0 Å². The first-order valence-electron chi connectivity index (χ1n) is 6.74.